The van der Waals surface area contributed by atoms with Gasteiger partial charge < -0.3 is 4.74 Å². The third-order valence-electron chi connectivity index (χ3n) is 8.96. The van der Waals surface area contributed by atoms with Gasteiger partial charge in [0.05, 0.1) is 19.6 Å². The first kappa shape index (κ1) is 24.2. The molecule has 3 aliphatic rings. The number of hydrogen-bond acceptors (Lipinski definition) is 3. The van der Waals surface area contributed by atoms with E-state index >= 15 is 0 Å². The normalized spacial score (nSPS) is 32.6. The number of amides is 1. The van der Waals surface area contributed by atoms with Crippen LogP contribution in [0.25, 0.3) is 0 Å². The number of carbonyl (C=O) groups excluding carboxylic acids is 2. The second-order valence-corrected chi connectivity index (χ2v) is 16.4. The van der Waals surface area contributed by atoms with Crippen LogP contribution in [0.4, 0.5) is 5.69 Å². The molecule has 1 aliphatic heterocycles. The van der Waals surface area contributed by atoms with Gasteiger partial charge in [0.2, 0.25) is 5.91 Å². The second kappa shape index (κ2) is 8.86. The highest BCUT2D eigenvalue weighted by Crippen LogP contribution is 2.60. The molecule has 2 fully saturated rings. The number of rotatable bonds is 5. The number of hydrogen-bond donors (Lipinski definition) is 0. The van der Waals surface area contributed by atoms with Crippen molar-refractivity contribution in [1.82, 2.24) is 0 Å². The molecular weight excluding hydrogens is 450 g/mol. The Hall–Kier alpha value is -2.50. The minimum absolute atomic E-state index is 0.0151. The highest BCUT2D eigenvalue weighted by Gasteiger charge is 2.65. The highest BCUT2D eigenvalue weighted by molar-refractivity contribution is 6.91. The summed E-state index contributed by atoms with van der Waals surface area (Å²) in [6.45, 7) is 10.9. The molecule has 0 aromatic heterocycles. The van der Waals surface area contributed by atoms with Gasteiger partial charge in [-0.25, -0.2) is 0 Å². The van der Waals surface area contributed by atoms with Gasteiger partial charge in [0, 0.05) is 24.4 Å². The third kappa shape index (κ3) is 3.84. The van der Waals surface area contributed by atoms with E-state index in [1.807, 2.05) is 49.1 Å². The number of nitrogens with zero attached hydrogens (tertiary/aromatic N) is 1. The minimum Gasteiger partial charge on any atom is -0.355 e. The average molecular weight is 488 g/mol. The Bertz CT molecular complexity index is 1130. The van der Waals surface area contributed by atoms with E-state index in [2.05, 4.69) is 62.5 Å². The van der Waals surface area contributed by atoms with E-state index in [9.17, 15) is 9.59 Å². The number of benzene rings is 2. The van der Waals surface area contributed by atoms with Gasteiger partial charge in [0.25, 0.3) is 0 Å². The average Bonchev–Trinajstić information content (AvgIpc) is 3.06. The lowest BCUT2D eigenvalue weighted by Crippen LogP contribution is -2.56. The number of anilines is 1. The number of allylic oxidation sites excluding steroid dienone is 1. The van der Waals surface area contributed by atoms with Crippen molar-refractivity contribution in [1.29, 1.82) is 0 Å². The first-order valence-corrected chi connectivity index (χ1v) is 16.0. The topological polar surface area (TPSA) is 46.6 Å². The van der Waals surface area contributed by atoms with Gasteiger partial charge in [0.1, 0.15) is 12.0 Å². The Kier molecular flexibility index (Phi) is 6.13. The van der Waals surface area contributed by atoms with Crippen LogP contribution in [0.2, 0.25) is 18.6 Å². The predicted octanol–water partition coefficient (Wildman–Crippen LogP) is 5.56. The summed E-state index contributed by atoms with van der Waals surface area (Å²) in [6.07, 6.45) is 5.31. The molecule has 0 radical (unpaired) electrons. The van der Waals surface area contributed by atoms with Crippen molar-refractivity contribution >= 4 is 30.6 Å². The zero-order valence-corrected chi connectivity index (χ0v) is 22.5. The number of ketones is 1. The molecule has 5 heteroatoms. The Morgan fingerprint density at radius 1 is 0.943 bits per heavy atom. The van der Waals surface area contributed by atoms with Gasteiger partial charge in [0.15, 0.2) is 0 Å². The van der Waals surface area contributed by atoms with Crippen molar-refractivity contribution in [2.24, 2.45) is 23.2 Å². The predicted molar refractivity (Wildman–Crippen MR) is 143 cm³/mol. The summed E-state index contributed by atoms with van der Waals surface area (Å²) >= 11 is 0. The molecule has 0 N–H and O–H groups in total. The lowest BCUT2D eigenvalue weighted by molar-refractivity contribution is -0.134. The minimum atomic E-state index is -1.98. The smallest absolute Gasteiger partial charge is 0.236 e. The van der Waals surface area contributed by atoms with Gasteiger partial charge in [-0.2, -0.15) is 0 Å². The van der Waals surface area contributed by atoms with E-state index < -0.39 is 13.5 Å². The van der Waals surface area contributed by atoms with Gasteiger partial charge in [-0.15, -0.1) is 0 Å². The SMILES string of the molecule is CC(C)O[C@@H]1[C@H]2C=C[C@@H]3[C@@H](CC(=O)C[C@@H]3[Si](C)(C)c3ccccc3)[C@@]2(C)C(=O)N1c1ccccc1. The summed E-state index contributed by atoms with van der Waals surface area (Å²) in [5.41, 5.74) is 0.458. The molecule has 1 heterocycles. The fraction of sp³-hybridized carbons (Fsp3) is 0.467. The highest BCUT2D eigenvalue weighted by atomic mass is 28.3. The summed E-state index contributed by atoms with van der Waals surface area (Å²) in [5, 5.41) is 1.38. The summed E-state index contributed by atoms with van der Waals surface area (Å²) in [5.74, 6) is 0.502. The van der Waals surface area contributed by atoms with Crippen molar-refractivity contribution in [3.63, 3.8) is 0 Å². The fourth-order valence-corrected chi connectivity index (χ4v) is 10.5. The lowest BCUT2D eigenvalue weighted by atomic mass is 9.56. The van der Waals surface area contributed by atoms with Crippen LogP contribution >= 0.6 is 0 Å². The van der Waals surface area contributed by atoms with E-state index in [0.29, 0.717) is 18.6 Å². The summed E-state index contributed by atoms with van der Waals surface area (Å²) in [4.78, 5) is 29.5. The van der Waals surface area contributed by atoms with Crippen LogP contribution in [0.5, 0.6) is 0 Å². The van der Waals surface area contributed by atoms with Crippen LogP contribution in [-0.4, -0.2) is 32.1 Å². The number of fused-ring (bicyclic) bond motifs is 3. The number of para-hydroxylation sites is 1. The molecule has 2 aromatic carbocycles. The summed E-state index contributed by atoms with van der Waals surface area (Å²) < 4.78 is 6.43. The molecule has 5 rings (SSSR count). The van der Waals surface area contributed by atoms with E-state index in [1.54, 1.807) is 0 Å². The number of carbonyl (C=O) groups is 2. The standard InChI is InChI=1S/C30H37NO3Si/c1-20(2)34-28-25-17-16-24-26(30(25,3)29(33)31(28)21-12-8-6-9-13-21)18-22(32)19-27(24)35(4,5)23-14-10-7-11-15-23/h6-17,20,24-28H,18-19H2,1-5H3/t24-,25-,26-,27+,28-,30+/m1/s1. The van der Waals surface area contributed by atoms with Crippen molar-refractivity contribution in [3.05, 3.63) is 72.8 Å². The zero-order chi connectivity index (χ0) is 25.0. The molecule has 0 bridgehead atoms. The molecule has 0 unspecified atom stereocenters. The molecule has 1 amide bonds. The largest absolute Gasteiger partial charge is 0.355 e. The number of ether oxygens (including phenoxy) is 1. The second-order valence-electron chi connectivity index (χ2n) is 11.6. The third-order valence-corrected chi connectivity index (χ3v) is 13.2. The maximum Gasteiger partial charge on any atom is 0.236 e. The molecular formula is C30H37NO3Si. The van der Waals surface area contributed by atoms with Crippen LogP contribution in [0.3, 0.4) is 0 Å². The van der Waals surface area contributed by atoms with Crippen molar-refractivity contribution in [2.75, 3.05) is 4.90 Å². The molecule has 1 saturated carbocycles. The van der Waals surface area contributed by atoms with E-state index in [-0.39, 0.29) is 41.5 Å². The first-order valence-electron chi connectivity index (χ1n) is 13.0. The van der Waals surface area contributed by atoms with Crippen LogP contribution < -0.4 is 10.1 Å². The van der Waals surface area contributed by atoms with E-state index in [1.165, 1.54) is 5.19 Å². The molecule has 4 nitrogen and oxygen atoms in total. The molecule has 184 valence electrons. The first-order chi connectivity index (χ1) is 16.7. The lowest BCUT2D eigenvalue weighted by Gasteiger charge is -2.51. The van der Waals surface area contributed by atoms with Crippen molar-refractivity contribution in [2.45, 2.75) is 64.6 Å². The molecule has 6 atom stereocenters. The quantitative estimate of drug-likeness (QED) is 0.410. The molecule has 35 heavy (non-hydrogen) atoms. The Labute approximate surface area is 210 Å². The van der Waals surface area contributed by atoms with Gasteiger partial charge in [-0.3, -0.25) is 14.5 Å². The van der Waals surface area contributed by atoms with Crippen LogP contribution in [0, 0.1) is 23.2 Å². The summed E-state index contributed by atoms with van der Waals surface area (Å²) in [6, 6.07) is 20.6. The van der Waals surface area contributed by atoms with Crippen LogP contribution in [0.1, 0.15) is 33.6 Å². The zero-order valence-electron chi connectivity index (χ0n) is 21.5. The van der Waals surface area contributed by atoms with Crippen molar-refractivity contribution < 1.29 is 14.3 Å². The maximum absolute atomic E-state index is 14.4. The summed E-state index contributed by atoms with van der Waals surface area (Å²) in [7, 11) is -1.98. The van der Waals surface area contributed by atoms with Gasteiger partial charge in [-0.1, -0.05) is 79.0 Å². The molecule has 0 spiro atoms. The van der Waals surface area contributed by atoms with Crippen LogP contribution in [0.15, 0.2) is 72.8 Å². The Balaban J connectivity index is 1.59. The van der Waals surface area contributed by atoms with Crippen molar-refractivity contribution in [3.8, 4) is 0 Å². The number of Topliss-reactive ketones (excluding diaryl/α,β-unsaturated/α-hetero) is 1. The fourth-order valence-electron chi connectivity index (χ4n) is 7.02. The van der Waals surface area contributed by atoms with E-state index in [4.69, 9.17) is 4.74 Å². The Morgan fingerprint density at radius 3 is 2.20 bits per heavy atom. The molecule has 2 aliphatic carbocycles. The van der Waals surface area contributed by atoms with E-state index in [0.717, 1.165) is 5.69 Å². The monoisotopic (exact) mass is 487 g/mol. The Morgan fingerprint density at radius 2 is 1.57 bits per heavy atom. The maximum atomic E-state index is 14.4. The van der Waals surface area contributed by atoms with Crippen LogP contribution in [-0.2, 0) is 14.3 Å². The molecule has 2 aromatic rings. The molecule has 1 saturated heterocycles. The van der Waals surface area contributed by atoms with Gasteiger partial charge >= 0.3 is 0 Å². The van der Waals surface area contributed by atoms with Gasteiger partial charge in [-0.05, 0) is 50.3 Å².